The van der Waals surface area contributed by atoms with Gasteiger partial charge >= 0.3 is 5.97 Å². The number of esters is 1. The summed E-state index contributed by atoms with van der Waals surface area (Å²) in [5.41, 5.74) is 0.962. The van der Waals surface area contributed by atoms with Gasteiger partial charge in [-0.15, -0.1) is 0 Å². The van der Waals surface area contributed by atoms with Crippen LogP contribution in [0, 0.1) is 6.92 Å². The van der Waals surface area contributed by atoms with E-state index in [1.54, 1.807) is 39.1 Å². The first-order valence-electron chi connectivity index (χ1n) is 6.37. The Morgan fingerprint density at radius 1 is 1.38 bits per heavy atom. The lowest BCUT2D eigenvalue weighted by Crippen LogP contribution is -2.11. The van der Waals surface area contributed by atoms with E-state index in [0.29, 0.717) is 21.3 Å². The van der Waals surface area contributed by atoms with Gasteiger partial charge in [0.05, 0.1) is 17.4 Å². The third kappa shape index (κ3) is 3.85. The van der Waals surface area contributed by atoms with Crippen LogP contribution in [0.2, 0.25) is 0 Å². The summed E-state index contributed by atoms with van der Waals surface area (Å²) in [7, 11) is 0. The zero-order chi connectivity index (χ0) is 15.4. The number of carbonyl (C=O) groups is 2. The van der Waals surface area contributed by atoms with E-state index < -0.39 is 5.97 Å². The molecule has 0 aliphatic carbocycles. The van der Waals surface area contributed by atoms with Crippen LogP contribution in [0.25, 0.3) is 0 Å². The predicted octanol–water partition coefficient (Wildman–Crippen LogP) is 2.66. The molecule has 7 heteroatoms. The molecule has 6 nitrogen and oxygen atoms in total. The molecule has 1 amide bonds. The van der Waals surface area contributed by atoms with E-state index in [2.05, 4.69) is 15.3 Å². The molecule has 0 aliphatic rings. The fraction of sp³-hybridized carbons (Fsp3) is 0.286. The van der Waals surface area contributed by atoms with Crippen molar-refractivity contribution in [3.8, 4) is 0 Å². The molecule has 0 radical (unpaired) electrons. The van der Waals surface area contributed by atoms with E-state index in [0.717, 1.165) is 11.3 Å². The molecule has 2 heterocycles. The second-order valence-corrected chi connectivity index (χ2v) is 5.58. The lowest BCUT2D eigenvalue weighted by molar-refractivity contribution is 0.0382. The highest BCUT2D eigenvalue weighted by Gasteiger charge is 2.19. The topological polar surface area (TPSA) is 81.2 Å². The number of carbonyl (C=O) groups excluding carboxylic acids is 2. The summed E-state index contributed by atoms with van der Waals surface area (Å²) < 4.78 is 5.13. The van der Waals surface area contributed by atoms with E-state index in [1.165, 1.54) is 6.20 Å². The minimum atomic E-state index is -0.429. The van der Waals surface area contributed by atoms with E-state index in [1.807, 2.05) is 0 Å². The van der Waals surface area contributed by atoms with Crippen molar-refractivity contribution in [2.24, 2.45) is 0 Å². The molecular weight excluding hydrogens is 290 g/mol. The van der Waals surface area contributed by atoms with Crippen molar-refractivity contribution in [1.82, 2.24) is 9.97 Å². The Hall–Kier alpha value is -2.28. The summed E-state index contributed by atoms with van der Waals surface area (Å²) in [5, 5.41) is 3.01. The summed E-state index contributed by atoms with van der Waals surface area (Å²) >= 11 is 1.09. The van der Waals surface area contributed by atoms with Crippen molar-refractivity contribution < 1.29 is 14.3 Å². The third-order valence-electron chi connectivity index (χ3n) is 2.47. The number of rotatable bonds is 4. The number of hydrogen-bond donors (Lipinski definition) is 1. The van der Waals surface area contributed by atoms with Crippen LogP contribution in [0.4, 0.5) is 5.13 Å². The van der Waals surface area contributed by atoms with Gasteiger partial charge in [-0.2, -0.15) is 0 Å². The molecule has 0 saturated heterocycles. The van der Waals surface area contributed by atoms with E-state index in [9.17, 15) is 9.59 Å². The fourth-order valence-corrected chi connectivity index (χ4v) is 2.42. The molecule has 0 atom stereocenters. The highest BCUT2D eigenvalue weighted by atomic mass is 32.1. The second kappa shape index (κ2) is 6.45. The maximum Gasteiger partial charge on any atom is 0.350 e. The Labute approximate surface area is 126 Å². The third-order valence-corrected chi connectivity index (χ3v) is 3.52. The number of aromatic nitrogens is 2. The normalized spacial score (nSPS) is 10.5. The summed E-state index contributed by atoms with van der Waals surface area (Å²) in [6.07, 6.45) is 2.85. The lowest BCUT2D eigenvalue weighted by atomic mass is 10.3. The summed E-state index contributed by atoms with van der Waals surface area (Å²) in [4.78, 5) is 32.3. The first-order chi connectivity index (χ1) is 9.97. The summed E-state index contributed by atoms with van der Waals surface area (Å²) in [6.45, 7) is 5.26. The molecule has 0 unspecified atom stereocenters. The van der Waals surface area contributed by atoms with Gasteiger partial charge in [-0.1, -0.05) is 11.3 Å². The number of anilines is 1. The predicted molar refractivity (Wildman–Crippen MR) is 79.6 cm³/mol. The first kappa shape index (κ1) is 15.1. The van der Waals surface area contributed by atoms with Crippen LogP contribution >= 0.6 is 11.3 Å². The number of nitrogens with one attached hydrogen (secondary N) is 1. The number of aryl methyl sites for hydroxylation is 1. The van der Waals surface area contributed by atoms with Crippen molar-refractivity contribution >= 4 is 28.3 Å². The van der Waals surface area contributed by atoms with Crippen LogP contribution in [-0.4, -0.2) is 27.9 Å². The minimum absolute atomic E-state index is 0.201. The Morgan fingerprint density at radius 2 is 2.14 bits per heavy atom. The van der Waals surface area contributed by atoms with Crippen molar-refractivity contribution in [2.75, 3.05) is 5.32 Å². The maximum atomic E-state index is 12.0. The fourth-order valence-electron chi connectivity index (χ4n) is 1.57. The average Bonchev–Trinajstić information content (AvgIpc) is 2.80. The molecule has 0 spiro atoms. The summed E-state index contributed by atoms with van der Waals surface area (Å²) in [5.74, 6) is -0.748. The van der Waals surface area contributed by atoms with Crippen LogP contribution in [0.1, 0.15) is 39.6 Å². The van der Waals surface area contributed by atoms with Crippen molar-refractivity contribution in [1.29, 1.82) is 0 Å². The van der Waals surface area contributed by atoms with E-state index in [-0.39, 0.29) is 12.0 Å². The van der Waals surface area contributed by atoms with Crippen LogP contribution in [-0.2, 0) is 4.74 Å². The molecule has 0 aromatic carbocycles. The average molecular weight is 305 g/mol. The zero-order valence-electron chi connectivity index (χ0n) is 11.9. The smallest absolute Gasteiger partial charge is 0.350 e. The van der Waals surface area contributed by atoms with Gasteiger partial charge in [0.1, 0.15) is 4.88 Å². The second-order valence-electron chi connectivity index (χ2n) is 4.58. The first-order valence-corrected chi connectivity index (χ1v) is 7.19. The van der Waals surface area contributed by atoms with Crippen molar-refractivity contribution in [3.05, 3.63) is 40.7 Å². The molecule has 0 aliphatic heterocycles. The molecule has 2 rings (SSSR count). The summed E-state index contributed by atoms with van der Waals surface area (Å²) in [6, 6.07) is 3.32. The minimum Gasteiger partial charge on any atom is -0.459 e. The van der Waals surface area contributed by atoms with Crippen LogP contribution in [0.15, 0.2) is 24.5 Å². The number of amides is 1. The van der Waals surface area contributed by atoms with Gasteiger partial charge in [0.15, 0.2) is 5.13 Å². The molecule has 2 aromatic rings. The number of pyridine rings is 1. The molecule has 0 fully saturated rings. The van der Waals surface area contributed by atoms with Gasteiger partial charge in [0.2, 0.25) is 0 Å². The Bertz CT molecular complexity index is 653. The monoisotopic (exact) mass is 305 g/mol. The number of nitrogens with zero attached hydrogens (tertiary/aromatic N) is 2. The molecule has 110 valence electrons. The van der Waals surface area contributed by atoms with Gasteiger partial charge in [-0.3, -0.25) is 15.1 Å². The molecule has 0 saturated carbocycles. The zero-order valence-corrected chi connectivity index (χ0v) is 12.7. The van der Waals surface area contributed by atoms with Crippen LogP contribution in [0.3, 0.4) is 0 Å². The molecular formula is C14H15N3O3S. The highest BCUT2D eigenvalue weighted by molar-refractivity contribution is 7.17. The highest BCUT2D eigenvalue weighted by Crippen LogP contribution is 2.24. The van der Waals surface area contributed by atoms with Gasteiger partial charge < -0.3 is 4.74 Å². The quantitative estimate of drug-likeness (QED) is 0.878. The molecule has 21 heavy (non-hydrogen) atoms. The number of ether oxygens (including phenoxy) is 1. The van der Waals surface area contributed by atoms with Gasteiger partial charge in [-0.05, 0) is 32.9 Å². The number of hydrogen-bond acceptors (Lipinski definition) is 6. The van der Waals surface area contributed by atoms with Crippen molar-refractivity contribution in [3.63, 3.8) is 0 Å². The van der Waals surface area contributed by atoms with Gasteiger partial charge in [0, 0.05) is 12.4 Å². The lowest BCUT2D eigenvalue weighted by Gasteiger charge is -2.05. The number of thiazole rings is 1. The van der Waals surface area contributed by atoms with Gasteiger partial charge in [0.25, 0.3) is 5.91 Å². The Morgan fingerprint density at radius 3 is 2.76 bits per heavy atom. The van der Waals surface area contributed by atoms with Gasteiger partial charge in [-0.25, -0.2) is 9.78 Å². The van der Waals surface area contributed by atoms with Crippen LogP contribution < -0.4 is 5.32 Å². The molecule has 1 N–H and O–H groups in total. The Balaban J connectivity index is 2.12. The van der Waals surface area contributed by atoms with E-state index >= 15 is 0 Å². The molecule has 2 aromatic heterocycles. The SMILES string of the molecule is Cc1nc(NC(=O)c2cccnc2)sc1C(=O)OC(C)C. The van der Waals surface area contributed by atoms with E-state index in [4.69, 9.17) is 4.74 Å². The maximum absolute atomic E-state index is 12.0. The largest absolute Gasteiger partial charge is 0.459 e. The van der Waals surface area contributed by atoms with Crippen LogP contribution in [0.5, 0.6) is 0 Å². The molecule has 0 bridgehead atoms. The Kier molecular flexibility index (Phi) is 4.64. The standard InChI is InChI=1S/C14H15N3O3S/c1-8(2)20-13(19)11-9(3)16-14(21-11)17-12(18)10-5-4-6-15-7-10/h4-8H,1-3H3,(H,16,17,18). The van der Waals surface area contributed by atoms with Crippen molar-refractivity contribution in [2.45, 2.75) is 26.9 Å².